The zero-order chi connectivity index (χ0) is 16.1. The standard InChI is InChI=1S/2C8H13BOS/c2*1-3-8-4-11-6(5(8)2)7(9)10-8/h2*5-7H,3-4H2,1-2H3/t5?,6?,7-,8+;5-,6?,7+,8+/m10/s1. The first-order valence-electron chi connectivity index (χ1n) is 8.49. The predicted octanol–water partition coefficient (Wildman–Crippen LogP) is 2.82. The van der Waals surface area contributed by atoms with Gasteiger partial charge in [0, 0.05) is 34.0 Å². The number of hydrogen-bond acceptors (Lipinski definition) is 4. The van der Waals surface area contributed by atoms with E-state index in [4.69, 9.17) is 25.2 Å². The van der Waals surface area contributed by atoms with E-state index in [0.717, 1.165) is 24.3 Å². The van der Waals surface area contributed by atoms with Gasteiger partial charge in [-0.25, -0.2) is 0 Å². The predicted molar refractivity (Wildman–Crippen MR) is 98.1 cm³/mol. The summed E-state index contributed by atoms with van der Waals surface area (Å²) in [6, 6.07) is -0.0209. The van der Waals surface area contributed by atoms with Gasteiger partial charge in [0.05, 0.1) is 11.2 Å². The van der Waals surface area contributed by atoms with Crippen LogP contribution < -0.4 is 0 Å². The van der Waals surface area contributed by atoms with Crippen molar-refractivity contribution < 1.29 is 9.47 Å². The fourth-order valence-electron chi connectivity index (χ4n) is 4.36. The maximum absolute atomic E-state index is 5.83. The molecule has 4 rings (SSSR count). The molecule has 0 aliphatic carbocycles. The van der Waals surface area contributed by atoms with Gasteiger partial charge < -0.3 is 9.47 Å². The average molecular weight is 336 g/mol. The van der Waals surface area contributed by atoms with E-state index in [0.29, 0.717) is 22.3 Å². The van der Waals surface area contributed by atoms with Gasteiger partial charge in [-0.2, -0.15) is 23.5 Å². The van der Waals surface area contributed by atoms with Crippen LogP contribution in [0.5, 0.6) is 0 Å². The van der Waals surface area contributed by atoms with Crippen molar-refractivity contribution >= 4 is 39.2 Å². The lowest BCUT2D eigenvalue weighted by molar-refractivity contribution is -0.0156. The molecule has 4 saturated heterocycles. The maximum Gasteiger partial charge on any atom is 0.110 e. The largest absolute Gasteiger partial charge is 0.379 e. The van der Waals surface area contributed by atoms with E-state index in [9.17, 15) is 0 Å². The second kappa shape index (κ2) is 6.24. The van der Waals surface area contributed by atoms with E-state index in [-0.39, 0.29) is 23.2 Å². The highest BCUT2D eigenvalue weighted by Gasteiger charge is 2.56. The number of rotatable bonds is 2. The van der Waals surface area contributed by atoms with Crippen molar-refractivity contribution in [2.24, 2.45) is 11.8 Å². The average Bonchev–Trinajstić information content (AvgIpc) is 3.15. The lowest BCUT2D eigenvalue weighted by Gasteiger charge is -2.29. The molecule has 0 N–H and O–H groups in total. The highest BCUT2D eigenvalue weighted by molar-refractivity contribution is 8.00. The molecule has 0 aromatic rings. The summed E-state index contributed by atoms with van der Waals surface area (Å²) < 4.78 is 11.5. The molecule has 3 unspecified atom stereocenters. The van der Waals surface area contributed by atoms with Gasteiger partial charge in [0.15, 0.2) is 0 Å². The quantitative estimate of drug-likeness (QED) is 0.722. The van der Waals surface area contributed by atoms with Crippen LogP contribution >= 0.6 is 23.5 Å². The number of thioether (sulfide) groups is 2. The fourth-order valence-corrected chi connectivity index (χ4v) is 7.94. The fraction of sp³-hybridized carbons (Fsp3) is 1.00. The van der Waals surface area contributed by atoms with Crippen molar-refractivity contribution in [3.63, 3.8) is 0 Å². The smallest absolute Gasteiger partial charge is 0.110 e. The molecule has 120 valence electrons. The minimum absolute atomic E-state index is 0.0105. The molecule has 0 aromatic carbocycles. The summed E-state index contributed by atoms with van der Waals surface area (Å²) in [6.07, 6.45) is 2.21. The highest BCUT2D eigenvalue weighted by atomic mass is 32.2. The third-order valence-corrected chi connectivity index (χ3v) is 9.71. The summed E-state index contributed by atoms with van der Waals surface area (Å²) in [5.41, 5.74) is 0.240. The van der Waals surface area contributed by atoms with E-state index in [2.05, 4.69) is 27.7 Å². The van der Waals surface area contributed by atoms with E-state index >= 15 is 0 Å². The zero-order valence-corrected chi connectivity index (χ0v) is 15.7. The van der Waals surface area contributed by atoms with Crippen LogP contribution in [0.3, 0.4) is 0 Å². The Morgan fingerprint density at radius 2 is 1.23 bits per heavy atom. The van der Waals surface area contributed by atoms with Crippen LogP contribution in [-0.2, 0) is 9.47 Å². The van der Waals surface area contributed by atoms with Gasteiger partial charge in [0.1, 0.15) is 15.7 Å². The molecule has 8 atom stereocenters. The van der Waals surface area contributed by atoms with Crippen molar-refractivity contribution in [2.75, 3.05) is 11.5 Å². The third kappa shape index (κ3) is 2.51. The Kier molecular flexibility index (Phi) is 4.98. The SMILES string of the molecule is [B][C@@H]1O[C@@]2(CC)CSC1C2C.[B][C@@H]1O[C@]2(CC)CSC1[C@@H]2C. The molecule has 0 spiro atoms. The molecule has 6 heteroatoms. The van der Waals surface area contributed by atoms with Crippen LogP contribution in [-0.4, -0.2) is 60.9 Å². The first-order chi connectivity index (χ1) is 10.4. The van der Waals surface area contributed by atoms with E-state index < -0.39 is 0 Å². The summed E-state index contributed by atoms with van der Waals surface area (Å²) in [5, 5.41) is 1.10. The normalized spacial score (nSPS) is 55.3. The summed E-state index contributed by atoms with van der Waals surface area (Å²) >= 11 is 3.96. The van der Waals surface area contributed by atoms with Gasteiger partial charge in [0.2, 0.25) is 0 Å². The van der Waals surface area contributed by atoms with Crippen LogP contribution in [0, 0.1) is 11.8 Å². The topological polar surface area (TPSA) is 18.5 Å². The summed E-state index contributed by atoms with van der Waals surface area (Å²) in [7, 11) is 11.7. The minimum atomic E-state index is -0.0105. The Morgan fingerprint density at radius 1 is 0.864 bits per heavy atom. The van der Waals surface area contributed by atoms with E-state index in [1.807, 2.05) is 23.5 Å². The van der Waals surface area contributed by atoms with Gasteiger partial charge in [-0.15, -0.1) is 0 Å². The molecule has 0 saturated carbocycles. The maximum atomic E-state index is 5.83. The summed E-state index contributed by atoms with van der Waals surface area (Å²) in [5.74, 6) is 3.58. The van der Waals surface area contributed by atoms with Gasteiger partial charge in [0.25, 0.3) is 0 Å². The van der Waals surface area contributed by atoms with Crippen molar-refractivity contribution in [3.05, 3.63) is 0 Å². The molecule has 0 aromatic heterocycles. The first kappa shape index (κ1) is 17.6. The molecule has 4 fully saturated rings. The van der Waals surface area contributed by atoms with Crippen molar-refractivity contribution in [1.82, 2.24) is 0 Å². The van der Waals surface area contributed by atoms with Crippen LogP contribution in [0.15, 0.2) is 0 Å². The van der Waals surface area contributed by atoms with Crippen molar-refractivity contribution in [2.45, 2.75) is 74.2 Å². The number of ether oxygens (including phenoxy) is 2. The molecular formula is C16H26B2O2S2. The Labute approximate surface area is 146 Å². The minimum Gasteiger partial charge on any atom is -0.379 e. The van der Waals surface area contributed by atoms with Crippen LogP contribution in [0.1, 0.15) is 40.5 Å². The number of fused-ring (bicyclic) bond motifs is 4. The number of hydrogen-bond donors (Lipinski definition) is 0. The summed E-state index contributed by atoms with van der Waals surface area (Å²) in [4.78, 5) is 0. The molecule has 0 amide bonds. The second-order valence-corrected chi connectivity index (χ2v) is 9.46. The monoisotopic (exact) mass is 336 g/mol. The third-order valence-electron chi connectivity index (χ3n) is 6.27. The molecule has 22 heavy (non-hydrogen) atoms. The Balaban J connectivity index is 0.000000131. The van der Waals surface area contributed by atoms with Gasteiger partial charge in [-0.3, -0.25) is 0 Å². The van der Waals surface area contributed by atoms with Gasteiger partial charge in [-0.05, 0) is 24.7 Å². The molecule has 4 radical (unpaired) electrons. The lowest BCUT2D eigenvalue weighted by atomic mass is 9.85. The van der Waals surface area contributed by atoms with E-state index in [1.54, 1.807) is 0 Å². The van der Waals surface area contributed by atoms with Crippen LogP contribution in [0.2, 0.25) is 0 Å². The molecule has 2 nitrogen and oxygen atoms in total. The molecule has 4 aliphatic rings. The Hall–Kier alpha value is 0.750. The van der Waals surface area contributed by atoms with Crippen LogP contribution in [0.4, 0.5) is 0 Å². The lowest BCUT2D eigenvalue weighted by Crippen LogP contribution is -2.35. The highest BCUT2D eigenvalue weighted by Crippen LogP contribution is 2.53. The van der Waals surface area contributed by atoms with Gasteiger partial charge in [-0.1, -0.05) is 27.7 Å². The molecule has 4 heterocycles. The van der Waals surface area contributed by atoms with Crippen LogP contribution in [0.25, 0.3) is 0 Å². The Morgan fingerprint density at radius 3 is 1.36 bits per heavy atom. The zero-order valence-electron chi connectivity index (χ0n) is 14.1. The van der Waals surface area contributed by atoms with Crippen molar-refractivity contribution in [3.8, 4) is 0 Å². The molecule has 4 bridgehead atoms. The molecular weight excluding hydrogens is 310 g/mol. The first-order valence-corrected chi connectivity index (χ1v) is 10.6. The second-order valence-electron chi connectivity index (χ2n) is 7.13. The summed E-state index contributed by atoms with van der Waals surface area (Å²) in [6.45, 7) is 8.91. The Bertz CT molecular complexity index is 389. The van der Waals surface area contributed by atoms with Gasteiger partial charge >= 0.3 is 0 Å². The molecule has 4 aliphatic heterocycles. The van der Waals surface area contributed by atoms with E-state index in [1.165, 1.54) is 0 Å². The van der Waals surface area contributed by atoms with Crippen molar-refractivity contribution in [1.29, 1.82) is 0 Å².